The Hall–Kier alpha value is -3.68. The monoisotopic (exact) mass is 364 g/mol. The van der Waals surface area contributed by atoms with E-state index in [1.165, 1.54) is 13.1 Å². The van der Waals surface area contributed by atoms with Crippen LogP contribution < -0.4 is 20.7 Å². The number of benzene rings is 2. The van der Waals surface area contributed by atoms with Crippen LogP contribution in [0.2, 0.25) is 0 Å². The molecule has 0 fully saturated rings. The molecule has 2 aromatic carbocycles. The number of hydrogen-bond donors (Lipinski definition) is 3. The van der Waals surface area contributed by atoms with Gasteiger partial charge in [0.25, 0.3) is 0 Å². The Labute approximate surface area is 157 Å². The smallest absolute Gasteiger partial charge is 0.244 e. The molecule has 0 aliphatic heterocycles. The average molecular weight is 364 g/mol. The Morgan fingerprint density at radius 2 is 1.89 bits per heavy atom. The zero-order valence-electron chi connectivity index (χ0n) is 15.1. The van der Waals surface area contributed by atoms with E-state index in [0.29, 0.717) is 24.0 Å². The third-order valence-electron chi connectivity index (χ3n) is 3.62. The molecule has 0 aliphatic rings. The van der Waals surface area contributed by atoms with Gasteiger partial charge in [0.2, 0.25) is 11.9 Å². The molecule has 1 amide bonds. The number of anilines is 4. The molecule has 0 radical (unpaired) electrons. The van der Waals surface area contributed by atoms with Crippen molar-refractivity contribution in [1.29, 1.82) is 0 Å². The first kappa shape index (κ1) is 18.1. The van der Waals surface area contributed by atoms with Gasteiger partial charge < -0.3 is 20.7 Å². The molecular formula is C19H20N6O2. The maximum absolute atomic E-state index is 11.2. The van der Waals surface area contributed by atoms with Crippen LogP contribution in [0, 0.1) is 0 Å². The summed E-state index contributed by atoms with van der Waals surface area (Å²) in [6.45, 7) is 2.03. The van der Waals surface area contributed by atoms with Gasteiger partial charge in [-0.15, -0.1) is 5.10 Å². The summed E-state index contributed by atoms with van der Waals surface area (Å²) in [4.78, 5) is 15.6. The second kappa shape index (κ2) is 8.61. The molecule has 0 spiro atoms. The maximum atomic E-state index is 11.2. The van der Waals surface area contributed by atoms with Gasteiger partial charge in [-0.25, -0.2) is 0 Å². The van der Waals surface area contributed by atoms with Gasteiger partial charge in [-0.05, 0) is 35.9 Å². The number of nitrogens with one attached hydrogen (secondary N) is 3. The fourth-order valence-corrected chi connectivity index (χ4v) is 2.39. The normalized spacial score (nSPS) is 10.1. The second-order valence-corrected chi connectivity index (χ2v) is 5.75. The van der Waals surface area contributed by atoms with Crippen LogP contribution in [-0.2, 0) is 11.3 Å². The van der Waals surface area contributed by atoms with Crippen molar-refractivity contribution in [1.82, 2.24) is 15.2 Å². The van der Waals surface area contributed by atoms with Gasteiger partial charge in [-0.2, -0.15) is 10.1 Å². The Kier molecular flexibility index (Phi) is 5.78. The first-order chi connectivity index (χ1) is 13.1. The Morgan fingerprint density at radius 1 is 1.11 bits per heavy atom. The number of ether oxygens (including phenoxy) is 1. The lowest BCUT2D eigenvalue weighted by Gasteiger charge is -2.09. The summed E-state index contributed by atoms with van der Waals surface area (Å²) in [6, 6.07) is 15.1. The molecule has 1 aromatic heterocycles. The molecule has 27 heavy (non-hydrogen) atoms. The van der Waals surface area contributed by atoms with Gasteiger partial charge in [0.15, 0.2) is 5.82 Å². The summed E-state index contributed by atoms with van der Waals surface area (Å²) >= 11 is 0. The highest BCUT2D eigenvalue weighted by atomic mass is 16.5. The van der Waals surface area contributed by atoms with Crippen LogP contribution in [0.15, 0.2) is 54.7 Å². The molecule has 3 N–H and O–H groups in total. The van der Waals surface area contributed by atoms with E-state index in [-0.39, 0.29) is 5.91 Å². The fraction of sp³-hybridized carbons (Fsp3) is 0.158. The lowest BCUT2D eigenvalue weighted by molar-refractivity contribution is -0.114. The third-order valence-corrected chi connectivity index (χ3v) is 3.62. The van der Waals surface area contributed by atoms with Gasteiger partial charge in [-0.3, -0.25) is 4.79 Å². The molecule has 138 valence electrons. The quantitative estimate of drug-likeness (QED) is 0.592. The van der Waals surface area contributed by atoms with Gasteiger partial charge in [0.1, 0.15) is 5.75 Å². The molecular weight excluding hydrogens is 344 g/mol. The van der Waals surface area contributed by atoms with Gasteiger partial charge in [0.05, 0.1) is 13.3 Å². The van der Waals surface area contributed by atoms with E-state index in [4.69, 9.17) is 4.74 Å². The number of carbonyl (C=O) groups excluding carboxylic acids is 1. The average Bonchev–Trinajstić information content (AvgIpc) is 2.67. The lowest BCUT2D eigenvalue weighted by atomic mass is 10.2. The summed E-state index contributed by atoms with van der Waals surface area (Å²) in [6.07, 6.45) is 1.53. The summed E-state index contributed by atoms with van der Waals surface area (Å²) in [7, 11) is 1.64. The van der Waals surface area contributed by atoms with E-state index in [0.717, 1.165) is 17.0 Å². The van der Waals surface area contributed by atoms with Crippen molar-refractivity contribution < 1.29 is 9.53 Å². The number of carbonyl (C=O) groups is 1. The number of methoxy groups -OCH3 is 1. The van der Waals surface area contributed by atoms with Crippen LogP contribution in [0.4, 0.5) is 23.1 Å². The molecule has 0 saturated carbocycles. The van der Waals surface area contributed by atoms with Crippen molar-refractivity contribution >= 4 is 29.0 Å². The topological polar surface area (TPSA) is 101 Å². The van der Waals surface area contributed by atoms with Crippen LogP contribution in [0.3, 0.4) is 0 Å². The molecule has 8 nitrogen and oxygen atoms in total. The Balaban J connectivity index is 1.63. The van der Waals surface area contributed by atoms with Crippen LogP contribution in [0.5, 0.6) is 5.75 Å². The van der Waals surface area contributed by atoms with E-state index < -0.39 is 0 Å². The first-order valence-electron chi connectivity index (χ1n) is 8.33. The number of hydrogen-bond acceptors (Lipinski definition) is 7. The summed E-state index contributed by atoms with van der Waals surface area (Å²) in [5.41, 5.74) is 2.55. The minimum Gasteiger partial charge on any atom is -0.497 e. The number of nitrogens with zero attached hydrogens (tertiary/aromatic N) is 3. The highest BCUT2D eigenvalue weighted by Gasteiger charge is 2.03. The Morgan fingerprint density at radius 3 is 2.63 bits per heavy atom. The van der Waals surface area contributed by atoms with Crippen LogP contribution in [0.25, 0.3) is 0 Å². The summed E-state index contributed by atoms with van der Waals surface area (Å²) in [5, 5.41) is 17.0. The van der Waals surface area contributed by atoms with E-state index in [1.807, 2.05) is 48.5 Å². The zero-order chi connectivity index (χ0) is 19.1. The lowest BCUT2D eigenvalue weighted by Crippen LogP contribution is -2.07. The minimum atomic E-state index is -0.124. The van der Waals surface area contributed by atoms with Crippen LogP contribution in [-0.4, -0.2) is 28.2 Å². The van der Waals surface area contributed by atoms with Gasteiger partial charge >= 0.3 is 0 Å². The molecule has 3 aromatic rings. The molecule has 0 bridgehead atoms. The van der Waals surface area contributed by atoms with Crippen LogP contribution in [0.1, 0.15) is 12.5 Å². The SMILES string of the molecule is COc1ccc(CNc2nncc(Nc3cccc(NC(C)=O)c3)n2)cc1. The standard InChI is InChI=1S/C19H20N6O2/c1-13(26)22-15-4-3-5-16(10-15)23-18-12-21-25-19(24-18)20-11-14-6-8-17(27-2)9-7-14/h3-10,12H,11H2,1-2H3,(H,22,26)(H2,20,23,24,25). The minimum absolute atomic E-state index is 0.124. The number of rotatable bonds is 7. The molecule has 8 heteroatoms. The van der Waals surface area contributed by atoms with E-state index >= 15 is 0 Å². The highest BCUT2D eigenvalue weighted by molar-refractivity contribution is 5.89. The van der Waals surface area contributed by atoms with Gasteiger partial charge in [0, 0.05) is 24.8 Å². The van der Waals surface area contributed by atoms with Gasteiger partial charge in [-0.1, -0.05) is 18.2 Å². The molecule has 0 atom stereocenters. The van der Waals surface area contributed by atoms with Crippen molar-refractivity contribution in [3.63, 3.8) is 0 Å². The molecule has 0 unspecified atom stereocenters. The Bertz CT molecular complexity index is 914. The molecule has 3 rings (SSSR count). The largest absolute Gasteiger partial charge is 0.497 e. The number of aromatic nitrogens is 3. The molecule has 0 saturated heterocycles. The summed E-state index contributed by atoms with van der Waals surface area (Å²) in [5.74, 6) is 1.64. The zero-order valence-corrected chi connectivity index (χ0v) is 15.1. The van der Waals surface area contributed by atoms with E-state index in [9.17, 15) is 4.79 Å². The third kappa shape index (κ3) is 5.40. The molecule has 0 aliphatic carbocycles. The van der Waals surface area contributed by atoms with E-state index in [1.54, 1.807) is 7.11 Å². The summed E-state index contributed by atoms with van der Waals surface area (Å²) < 4.78 is 5.15. The second-order valence-electron chi connectivity index (χ2n) is 5.75. The highest BCUT2D eigenvalue weighted by Crippen LogP contribution is 2.19. The number of amides is 1. The predicted molar refractivity (Wildman–Crippen MR) is 104 cm³/mol. The predicted octanol–water partition coefficient (Wildman–Crippen LogP) is 3.19. The maximum Gasteiger partial charge on any atom is 0.244 e. The van der Waals surface area contributed by atoms with E-state index in [2.05, 4.69) is 31.1 Å². The van der Waals surface area contributed by atoms with Crippen molar-refractivity contribution in [2.45, 2.75) is 13.5 Å². The van der Waals surface area contributed by atoms with Crippen molar-refractivity contribution in [3.8, 4) is 5.75 Å². The first-order valence-corrected chi connectivity index (χ1v) is 8.33. The van der Waals surface area contributed by atoms with Crippen molar-refractivity contribution in [2.24, 2.45) is 0 Å². The van der Waals surface area contributed by atoms with Crippen molar-refractivity contribution in [3.05, 3.63) is 60.3 Å². The van der Waals surface area contributed by atoms with Crippen molar-refractivity contribution in [2.75, 3.05) is 23.1 Å². The van der Waals surface area contributed by atoms with Crippen LogP contribution >= 0.6 is 0 Å². The molecule has 1 heterocycles. The fourth-order valence-electron chi connectivity index (χ4n) is 2.39.